The summed E-state index contributed by atoms with van der Waals surface area (Å²) < 4.78 is 5.72. The summed E-state index contributed by atoms with van der Waals surface area (Å²) in [5.74, 6) is 1.19. The predicted molar refractivity (Wildman–Crippen MR) is 124 cm³/mol. The number of benzene rings is 2. The molecule has 1 fully saturated rings. The van der Waals surface area contributed by atoms with Gasteiger partial charge in [0, 0.05) is 50.7 Å². The molecule has 1 aromatic heterocycles. The molecule has 166 valence electrons. The SMILES string of the molecule is Cc1ccc(Oc2ccc(NC(=O)N3CCN(CC(O)c4ccccc4)CC3)cc2)nc1. The minimum atomic E-state index is -0.521. The number of nitrogens with zero attached hydrogens (tertiary/aromatic N) is 3. The van der Waals surface area contributed by atoms with Crippen molar-refractivity contribution < 1.29 is 14.6 Å². The lowest BCUT2D eigenvalue weighted by Gasteiger charge is -2.35. The first-order valence-electron chi connectivity index (χ1n) is 10.8. The number of hydrogen-bond acceptors (Lipinski definition) is 5. The molecule has 0 bridgehead atoms. The topological polar surface area (TPSA) is 77.9 Å². The molecule has 1 aliphatic heterocycles. The lowest BCUT2D eigenvalue weighted by Crippen LogP contribution is -2.50. The number of β-amino-alcohol motifs (C(OH)–C–C–N with tert-alkyl or cyclic N) is 1. The number of carbonyl (C=O) groups is 1. The van der Waals surface area contributed by atoms with Crippen molar-refractivity contribution in [3.63, 3.8) is 0 Å². The summed E-state index contributed by atoms with van der Waals surface area (Å²) in [7, 11) is 0. The van der Waals surface area contributed by atoms with Crippen LogP contribution in [0.5, 0.6) is 11.6 Å². The highest BCUT2D eigenvalue weighted by molar-refractivity contribution is 5.89. The molecule has 0 spiro atoms. The third kappa shape index (κ3) is 5.84. The van der Waals surface area contributed by atoms with Crippen molar-refractivity contribution in [3.8, 4) is 11.6 Å². The van der Waals surface area contributed by atoms with Gasteiger partial charge in [0.05, 0.1) is 6.10 Å². The van der Waals surface area contributed by atoms with E-state index in [9.17, 15) is 9.90 Å². The maximum Gasteiger partial charge on any atom is 0.321 e. The molecule has 2 heterocycles. The fraction of sp³-hybridized carbons (Fsp3) is 0.280. The number of urea groups is 1. The highest BCUT2D eigenvalue weighted by Gasteiger charge is 2.23. The van der Waals surface area contributed by atoms with Gasteiger partial charge in [0.1, 0.15) is 5.75 Å². The summed E-state index contributed by atoms with van der Waals surface area (Å²) >= 11 is 0. The predicted octanol–water partition coefficient (Wildman–Crippen LogP) is 4.07. The zero-order chi connectivity index (χ0) is 22.3. The third-order valence-electron chi connectivity index (χ3n) is 5.49. The van der Waals surface area contributed by atoms with Gasteiger partial charge in [-0.05, 0) is 42.3 Å². The van der Waals surface area contributed by atoms with Crippen molar-refractivity contribution in [3.05, 3.63) is 84.1 Å². The minimum absolute atomic E-state index is 0.123. The number of hydrogen-bond donors (Lipinski definition) is 2. The molecule has 7 heteroatoms. The number of ether oxygens (including phenoxy) is 1. The van der Waals surface area contributed by atoms with Crippen molar-refractivity contribution in [2.24, 2.45) is 0 Å². The fourth-order valence-corrected chi connectivity index (χ4v) is 3.60. The summed E-state index contributed by atoms with van der Waals surface area (Å²) in [6.45, 7) is 5.24. The quantitative estimate of drug-likeness (QED) is 0.614. The average molecular weight is 433 g/mol. The van der Waals surface area contributed by atoms with Gasteiger partial charge < -0.3 is 20.1 Å². The zero-order valence-electron chi connectivity index (χ0n) is 18.1. The summed E-state index contributed by atoms with van der Waals surface area (Å²) in [6.07, 6.45) is 1.24. The number of rotatable bonds is 6. The second-order valence-electron chi connectivity index (χ2n) is 7.94. The van der Waals surface area contributed by atoms with Crippen LogP contribution in [0.1, 0.15) is 17.2 Å². The number of aryl methyl sites for hydroxylation is 1. The molecule has 1 saturated heterocycles. The summed E-state index contributed by atoms with van der Waals surface area (Å²) in [5.41, 5.74) is 2.70. The Balaban J connectivity index is 1.23. The second-order valence-corrected chi connectivity index (χ2v) is 7.94. The number of aromatic nitrogens is 1. The van der Waals surface area contributed by atoms with Gasteiger partial charge in [-0.1, -0.05) is 36.4 Å². The Morgan fingerprint density at radius 2 is 1.75 bits per heavy atom. The number of nitrogens with one attached hydrogen (secondary N) is 1. The molecule has 7 nitrogen and oxygen atoms in total. The van der Waals surface area contributed by atoms with Gasteiger partial charge in [-0.15, -0.1) is 0 Å². The molecular weight excluding hydrogens is 404 g/mol. The van der Waals surface area contributed by atoms with Crippen molar-refractivity contribution in [1.29, 1.82) is 0 Å². The Labute approximate surface area is 188 Å². The van der Waals surface area contributed by atoms with Crippen LogP contribution in [0.4, 0.5) is 10.5 Å². The maximum atomic E-state index is 12.6. The molecule has 32 heavy (non-hydrogen) atoms. The van der Waals surface area contributed by atoms with Crippen LogP contribution >= 0.6 is 0 Å². The van der Waals surface area contributed by atoms with Crippen molar-refractivity contribution in [2.45, 2.75) is 13.0 Å². The molecule has 4 rings (SSSR count). The van der Waals surface area contributed by atoms with Crippen LogP contribution in [-0.2, 0) is 0 Å². The van der Waals surface area contributed by atoms with E-state index in [0.29, 0.717) is 37.0 Å². The second kappa shape index (κ2) is 10.3. The number of aliphatic hydroxyl groups excluding tert-OH is 1. The highest BCUT2D eigenvalue weighted by Crippen LogP contribution is 2.22. The van der Waals surface area contributed by atoms with E-state index in [1.807, 2.05) is 61.5 Å². The van der Waals surface area contributed by atoms with E-state index in [2.05, 4.69) is 15.2 Å². The largest absolute Gasteiger partial charge is 0.439 e. The molecule has 0 aliphatic carbocycles. The molecule has 1 atom stereocenters. The fourth-order valence-electron chi connectivity index (χ4n) is 3.60. The van der Waals surface area contributed by atoms with Crippen LogP contribution in [0.3, 0.4) is 0 Å². The Kier molecular flexibility index (Phi) is 6.99. The van der Waals surface area contributed by atoms with E-state index in [1.54, 1.807) is 23.2 Å². The standard InChI is InChI=1S/C25H28N4O3/c1-19-7-12-24(26-17-19)32-22-10-8-21(9-11-22)27-25(31)29-15-13-28(14-16-29)18-23(30)20-5-3-2-4-6-20/h2-12,17,23,30H,13-16,18H2,1H3,(H,27,31). The number of piperazine rings is 1. The van der Waals surface area contributed by atoms with Crippen molar-refractivity contribution >= 4 is 11.7 Å². The first-order valence-corrected chi connectivity index (χ1v) is 10.8. The minimum Gasteiger partial charge on any atom is -0.439 e. The summed E-state index contributed by atoms with van der Waals surface area (Å²) in [4.78, 5) is 20.8. The Morgan fingerprint density at radius 1 is 1.03 bits per heavy atom. The smallest absolute Gasteiger partial charge is 0.321 e. The third-order valence-corrected chi connectivity index (χ3v) is 5.49. The molecule has 2 amide bonds. The Hall–Kier alpha value is -3.42. The molecule has 0 radical (unpaired) electrons. The van der Waals surface area contributed by atoms with Gasteiger partial charge in [-0.25, -0.2) is 9.78 Å². The zero-order valence-corrected chi connectivity index (χ0v) is 18.1. The molecule has 1 aliphatic rings. The molecule has 1 unspecified atom stereocenters. The number of aliphatic hydroxyl groups is 1. The van der Waals surface area contributed by atoms with Crippen LogP contribution in [0.15, 0.2) is 72.9 Å². The van der Waals surface area contributed by atoms with Gasteiger partial charge in [-0.2, -0.15) is 0 Å². The number of anilines is 1. The van der Waals surface area contributed by atoms with E-state index in [4.69, 9.17) is 4.74 Å². The number of amides is 2. The van der Waals surface area contributed by atoms with Crippen LogP contribution < -0.4 is 10.1 Å². The molecule has 0 saturated carbocycles. The van der Waals surface area contributed by atoms with Crippen LogP contribution in [-0.4, -0.2) is 58.6 Å². The van der Waals surface area contributed by atoms with Crippen LogP contribution in [0.2, 0.25) is 0 Å². The molecular formula is C25H28N4O3. The van der Waals surface area contributed by atoms with Gasteiger partial charge in [-0.3, -0.25) is 4.90 Å². The van der Waals surface area contributed by atoms with E-state index >= 15 is 0 Å². The van der Waals surface area contributed by atoms with Gasteiger partial charge >= 0.3 is 6.03 Å². The highest BCUT2D eigenvalue weighted by atomic mass is 16.5. The van der Waals surface area contributed by atoms with Crippen molar-refractivity contribution in [2.75, 3.05) is 38.0 Å². The lowest BCUT2D eigenvalue weighted by atomic mass is 10.1. The van der Waals surface area contributed by atoms with Crippen LogP contribution in [0.25, 0.3) is 0 Å². The number of pyridine rings is 1. The Bertz CT molecular complexity index is 1000. The van der Waals surface area contributed by atoms with E-state index in [1.165, 1.54) is 0 Å². The first kappa shape index (κ1) is 21.8. The van der Waals surface area contributed by atoms with Gasteiger partial charge in [0.15, 0.2) is 0 Å². The van der Waals surface area contributed by atoms with Crippen LogP contribution in [0, 0.1) is 6.92 Å². The van der Waals surface area contributed by atoms with E-state index in [0.717, 1.165) is 24.2 Å². The Morgan fingerprint density at radius 3 is 2.41 bits per heavy atom. The number of carbonyl (C=O) groups excluding carboxylic acids is 1. The first-order chi connectivity index (χ1) is 15.6. The van der Waals surface area contributed by atoms with Gasteiger partial charge in [0.2, 0.25) is 5.88 Å². The van der Waals surface area contributed by atoms with E-state index in [-0.39, 0.29) is 6.03 Å². The lowest BCUT2D eigenvalue weighted by molar-refractivity contribution is 0.0831. The normalized spacial score (nSPS) is 15.2. The molecule has 3 aromatic rings. The summed E-state index contributed by atoms with van der Waals surface area (Å²) in [6, 6.07) is 20.5. The van der Waals surface area contributed by atoms with Crippen molar-refractivity contribution in [1.82, 2.24) is 14.8 Å². The summed E-state index contributed by atoms with van der Waals surface area (Å²) in [5, 5.41) is 13.4. The monoisotopic (exact) mass is 432 g/mol. The van der Waals surface area contributed by atoms with Gasteiger partial charge in [0.25, 0.3) is 0 Å². The molecule has 2 aromatic carbocycles. The van der Waals surface area contributed by atoms with E-state index < -0.39 is 6.10 Å². The maximum absolute atomic E-state index is 12.6. The average Bonchev–Trinajstić information content (AvgIpc) is 2.83. The molecule has 2 N–H and O–H groups in total.